The first-order valence-electron chi connectivity index (χ1n) is 8.94. The third kappa shape index (κ3) is 4.20. The quantitative estimate of drug-likeness (QED) is 0.411. The van der Waals surface area contributed by atoms with E-state index in [2.05, 4.69) is 0 Å². The number of nitro benzene ring substituents is 1. The molecule has 0 saturated carbocycles. The van der Waals surface area contributed by atoms with Crippen LogP contribution in [0.2, 0.25) is 0 Å². The SMILES string of the molecule is COc1cc([C@H]2CS[C@H](c3cc(OC)c(OC)c([N+](=O)[O-])c3)S2)cc(OC)c1OC. The second kappa shape index (κ2) is 9.57. The second-order valence-corrected chi connectivity index (χ2v) is 9.03. The predicted octanol–water partition coefficient (Wildman–Crippen LogP) is 4.86. The van der Waals surface area contributed by atoms with Gasteiger partial charge in [-0.1, -0.05) is 0 Å². The van der Waals surface area contributed by atoms with E-state index >= 15 is 0 Å². The Morgan fingerprint density at radius 3 is 1.87 bits per heavy atom. The molecular weight excluding hydrogens is 430 g/mol. The van der Waals surface area contributed by atoms with E-state index in [9.17, 15) is 10.1 Å². The van der Waals surface area contributed by atoms with Crippen LogP contribution in [0.4, 0.5) is 5.69 Å². The highest BCUT2D eigenvalue weighted by atomic mass is 32.2. The minimum absolute atomic E-state index is 0.00703. The zero-order valence-electron chi connectivity index (χ0n) is 17.3. The van der Waals surface area contributed by atoms with Crippen LogP contribution in [-0.4, -0.2) is 46.2 Å². The Kier molecular flexibility index (Phi) is 7.09. The number of rotatable bonds is 8. The van der Waals surface area contributed by atoms with Crippen molar-refractivity contribution >= 4 is 29.2 Å². The molecule has 0 radical (unpaired) electrons. The van der Waals surface area contributed by atoms with Crippen LogP contribution in [0.15, 0.2) is 24.3 Å². The molecule has 3 rings (SSSR count). The largest absolute Gasteiger partial charge is 0.493 e. The van der Waals surface area contributed by atoms with E-state index in [1.807, 2.05) is 12.1 Å². The van der Waals surface area contributed by atoms with Gasteiger partial charge in [0, 0.05) is 17.1 Å². The zero-order valence-corrected chi connectivity index (χ0v) is 18.9. The van der Waals surface area contributed by atoms with Crippen molar-refractivity contribution in [1.82, 2.24) is 0 Å². The third-order valence-corrected chi connectivity index (χ3v) is 8.04. The number of methoxy groups -OCH3 is 5. The van der Waals surface area contributed by atoms with Gasteiger partial charge < -0.3 is 23.7 Å². The van der Waals surface area contributed by atoms with Gasteiger partial charge >= 0.3 is 5.69 Å². The van der Waals surface area contributed by atoms with E-state index in [0.717, 1.165) is 16.9 Å². The maximum Gasteiger partial charge on any atom is 0.315 e. The van der Waals surface area contributed by atoms with Crippen LogP contribution in [0.5, 0.6) is 28.7 Å². The third-order valence-electron chi connectivity index (χ3n) is 4.70. The monoisotopic (exact) mass is 453 g/mol. The number of benzene rings is 2. The second-order valence-electron chi connectivity index (χ2n) is 6.28. The Morgan fingerprint density at radius 2 is 1.37 bits per heavy atom. The Morgan fingerprint density at radius 1 is 0.833 bits per heavy atom. The van der Waals surface area contributed by atoms with Crippen LogP contribution in [0.1, 0.15) is 21.0 Å². The molecule has 2 aromatic carbocycles. The van der Waals surface area contributed by atoms with E-state index in [1.54, 1.807) is 57.0 Å². The Balaban J connectivity index is 1.92. The molecule has 0 aliphatic carbocycles. The Bertz CT molecular complexity index is 913. The molecule has 0 spiro atoms. The van der Waals surface area contributed by atoms with Crippen LogP contribution < -0.4 is 23.7 Å². The summed E-state index contributed by atoms with van der Waals surface area (Å²) in [4.78, 5) is 11.1. The minimum atomic E-state index is -0.453. The fourth-order valence-corrected chi connectivity index (χ4v) is 6.53. The van der Waals surface area contributed by atoms with Gasteiger partial charge in [-0.15, -0.1) is 23.5 Å². The first-order valence-corrected chi connectivity index (χ1v) is 10.9. The normalized spacial score (nSPS) is 18.0. The molecule has 2 atom stereocenters. The van der Waals surface area contributed by atoms with Gasteiger partial charge in [-0.3, -0.25) is 10.1 Å². The summed E-state index contributed by atoms with van der Waals surface area (Å²) in [6.45, 7) is 0. The maximum atomic E-state index is 11.5. The van der Waals surface area contributed by atoms with E-state index in [1.165, 1.54) is 14.2 Å². The summed E-state index contributed by atoms with van der Waals surface area (Å²) in [7, 11) is 7.61. The van der Waals surface area contributed by atoms with Crippen molar-refractivity contribution in [3.8, 4) is 28.7 Å². The highest BCUT2D eigenvalue weighted by Gasteiger charge is 2.33. The number of hydrogen-bond acceptors (Lipinski definition) is 9. The lowest BCUT2D eigenvalue weighted by Crippen LogP contribution is -2.00. The standard InChI is InChI=1S/C20H23NO7S2/c1-24-14-9-12(6-13(21(22)23)18(14)27-4)20-29-10-17(30-20)11-7-15(25-2)19(28-5)16(8-11)26-3/h6-9,17,20H,10H2,1-5H3/t17-,20+/m1/s1. The summed E-state index contributed by atoms with van der Waals surface area (Å²) in [5.41, 5.74) is 1.74. The van der Waals surface area contributed by atoms with Crippen molar-refractivity contribution in [3.05, 3.63) is 45.5 Å². The van der Waals surface area contributed by atoms with Gasteiger partial charge in [0.15, 0.2) is 17.2 Å². The molecule has 1 aliphatic heterocycles. The smallest absolute Gasteiger partial charge is 0.315 e. The van der Waals surface area contributed by atoms with E-state index < -0.39 is 4.92 Å². The number of hydrogen-bond donors (Lipinski definition) is 0. The van der Waals surface area contributed by atoms with Crippen LogP contribution in [0.3, 0.4) is 0 Å². The number of nitrogens with zero attached hydrogens (tertiary/aromatic N) is 1. The van der Waals surface area contributed by atoms with Crippen molar-refractivity contribution in [3.63, 3.8) is 0 Å². The lowest BCUT2D eigenvalue weighted by atomic mass is 10.1. The molecule has 1 aliphatic rings. The molecule has 0 bridgehead atoms. The molecule has 8 nitrogen and oxygen atoms in total. The van der Waals surface area contributed by atoms with E-state index in [4.69, 9.17) is 23.7 Å². The zero-order chi connectivity index (χ0) is 21.8. The van der Waals surface area contributed by atoms with Crippen molar-refractivity contribution in [2.24, 2.45) is 0 Å². The van der Waals surface area contributed by atoms with E-state index in [0.29, 0.717) is 23.0 Å². The lowest BCUT2D eigenvalue weighted by molar-refractivity contribution is -0.385. The maximum absolute atomic E-state index is 11.5. The van der Waals surface area contributed by atoms with E-state index in [-0.39, 0.29) is 21.3 Å². The first kappa shape index (κ1) is 22.2. The predicted molar refractivity (Wildman–Crippen MR) is 118 cm³/mol. The minimum Gasteiger partial charge on any atom is -0.493 e. The Labute approximate surface area is 183 Å². The molecule has 30 heavy (non-hydrogen) atoms. The summed E-state index contributed by atoms with van der Waals surface area (Å²) in [6.07, 6.45) is 0. The van der Waals surface area contributed by atoms with Gasteiger partial charge in [0.2, 0.25) is 11.5 Å². The van der Waals surface area contributed by atoms with Crippen LogP contribution in [0, 0.1) is 10.1 Å². The van der Waals surface area contributed by atoms with Gasteiger partial charge in [0.05, 0.1) is 45.1 Å². The molecule has 0 aromatic heterocycles. The van der Waals surface area contributed by atoms with Crippen LogP contribution in [0.25, 0.3) is 0 Å². The van der Waals surface area contributed by atoms with Gasteiger partial charge in [-0.05, 0) is 29.3 Å². The lowest BCUT2D eigenvalue weighted by Gasteiger charge is -2.17. The molecule has 0 amide bonds. The summed E-state index contributed by atoms with van der Waals surface area (Å²) in [6, 6.07) is 7.25. The molecule has 1 fully saturated rings. The van der Waals surface area contributed by atoms with Crippen LogP contribution in [-0.2, 0) is 0 Å². The van der Waals surface area contributed by atoms with Crippen molar-refractivity contribution in [1.29, 1.82) is 0 Å². The van der Waals surface area contributed by atoms with Crippen molar-refractivity contribution in [2.75, 3.05) is 41.3 Å². The van der Waals surface area contributed by atoms with Gasteiger partial charge in [0.1, 0.15) is 0 Å². The fraction of sp³-hybridized carbons (Fsp3) is 0.400. The molecule has 1 heterocycles. The molecular formula is C20H23NO7S2. The summed E-state index contributed by atoms with van der Waals surface area (Å²) in [5.74, 6) is 3.05. The number of ether oxygens (including phenoxy) is 5. The summed E-state index contributed by atoms with van der Waals surface area (Å²) < 4.78 is 26.8. The number of nitro groups is 1. The van der Waals surface area contributed by atoms with Crippen molar-refractivity contribution < 1.29 is 28.6 Å². The highest BCUT2D eigenvalue weighted by Crippen LogP contribution is 2.58. The van der Waals surface area contributed by atoms with Crippen LogP contribution >= 0.6 is 23.5 Å². The van der Waals surface area contributed by atoms with Gasteiger partial charge in [-0.25, -0.2) is 0 Å². The van der Waals surface area contributed by atoms with Gasteiger partial charge in [0.25, 0.3) is 0 Å². The molecule has 162 valence electrons. The molecule has 0 N–H and O–H groups in total. The molecule has 2 aromatic rings. The average molecular weight is 454 g/mol. The molecule has 1 saturated heterocycles. The molecule has 10 heteroatoms. The Hall–Kier alpha value is -2.46. The van der Waals surface area contributed by atoms with Gasteiger partial charge in [-0.2, -0.15) is 0 Å². The summed E-state index contributed by atoms with van der Waals surface area (Å²) in [5, 5.41) is 11.7. The first-order chi connectivity index (χ1) is 14.5. The fourth-order valence-electron chi connectivity index (χ4n) is 3.28. The average Bonchev–Trinajstić information content (AvgIpc) is 3.27. The number of thioether (sulfide) groups is 2. The topological polar surface area (TPSA) is 89.3 Å². The summed E-state index contributed by atoms with van der Waals surface area (Å²) >= 11 is 3.43. The molecule has 0 unspecified atom stereocenters. The van der Waals surface area contributed by atoms with Crippen molar-refractivity contribution in [2.45, 2.75) is 9.83 Å². The highest BCUT2D eigenvalue weighted by molar-refractivity contribution is 8.19.